The number of hydrogen-bond acceptors (Lipinski definition) is 5. The highest BCUT2D eigenvalue weighted by atomic mass is 32.2. The molecule has 0 atom stereocenters. The van der Waals surface area contributed by atoms with Gasteiger partial charge in [0.1, 0.15) is 5.70 Å². The number of allylic oxidation sites excluding steroid dienone is 2. The van der Waals surface area contributed by atoms with Gasteiger partial charge in [0.05, 0.1) is 0 Å². The Morgan fingerprint density at radius 3 is 2.10 bits per heavy atom. The summed E-state index contributed by atoms with van der Waals surface area (Å²) in [5.41, 5.74) is 2.70. The number of benzene rings is 2. The molecule has 1 saturated heterocycles. The number of likely N-dealkylation sites (tertiary alicyclic amines) is 1. The molecule has 1 N–H and O–H groups in total. The number of sulfonamides is 1. The molecule has 0 unspecified atom stereocenters. The molecule has 0 radical (unpaired) electrons. The molecular weight excluding hydrogens is 400 g/mol. The predicted octanol–water partition coefficient (Wildman–Crippen LogP) is 3.82. The SMILES string of the molecule is Cc1ccc(NS(=O)(=O)C2=C(N3CCCCC3)C(=O)c3ccccc3C2=O)cc1C. The smallest absolute Gasteiger partial charge is 0.268 e. The zero-order valence-corrected chi connectivity index (χ0v) is 17.9. The van der Waals surface area contributed by atoms with E-state index in [0.29, 0.717) is 18.8 Å². The molecule has 1 aliphatic carbocycles. The standard InChI is InChI=1S/C23H24N2O4S/c1-15-10-11-17(14-16(15)2)24-30(28,29)23-20(25-12-6-3-7-13-25)21(26)18-8-4-5-9-19(18)22(23)27/h4-5,8-11,14,24H,3,6-7,12-13H2,1-2H3. The topological polar surface area (TPSA) is 83.6 Å². The molecular formula is C23H24N2O4S. The third-order valence-corrected chi connectivity index (χ3v) is 7.17. The molecule has 0 saturated carbocycles. The number of aryl methyl sites for hydroxylation is 2. The van der Waals surface area contributed by atoms with E-state index in [1.54, 1.807) is 35.2 Å². The van der Waals surface area contributed by atoms with Crippen LogP contribution in [0.15, 0.2) is 53.1 Å². The van der Waals surface area contributed by atoms with Crippen LogP contribution in [0.1, 0.15) is 51.1 Å². The fraction of sp³-hybridized carbons (Fsp3) is 0.304. The Balaban J connectivity index is 1.86. The molecule has 6 nitrogen and oxygen atoms in total. The van der Waals surface area contributed by atoms with Gasteiger partial charge in [-0.3, -0.25) is 14.3 Å². The second kappa shape index (κ2) is 7.72. The number of carbonyl (C=O) groups excluding carboxylic acids is 2. The van der Waals surface area contributed by atoms with Gasteiger partial charge in [-0.05, 0) is 56.4 Å². The van der Waals surface area contributed by atoms with Crippen molar-refractivity contribution in [2.24, 2.45) is 0 Å². The molecule has 0 spiro atoms. The number of piperidine rings is 1. The maximum absolute atomic E-state index is 13.4. The number of Topliss-reactive ketones (excluding diaryl/α,β-unsaturated/α-hetero) is 2. The zero-order valence-electron chi connectivity index (χ0n) is 17.1. The lowest BCUT2D eigenvalue weighted by Gasteiger charge is -2.33. The summed E-state index contributed by atoms with van der Waals surface area (Å²) in [5.74, 6) is -1.05. The molecule has 2 aromatic carbocycles. The third-order valence-electron chi connectivity index (χ3n) is 5.75. The first-order valence-corrected chi connectivity index (χ1v) is 11.6. The average molecular weight is 425 g/mol. The summed E-state index contributed by atoms with van der Waals surface area (Å²) in [7, 11) is -4.27. The van der Waals surface area contributed by atoms with Crippen LogP contribution in [-0.2, 0) is 10.0 Å². The van der Waals surface area contributed by atoms with Crippen molar-refractivity contribution in [3.05, 3.63) is 75.3 Å². The molecule has 30 heavy (non-hydrogen) atoms. The van der Waals surface area contributed by atoms with Crippen LogP contribution in [0.25, 0.3) is 0 Å². The van der Waals surface area contributed by atoms with Crippen molar-refractivity contribution in [1.82, 2.24) is 4.90 Å². The Labute approximate surface area is 176 Å². The van der Waals surface area contributed by atoms with Gasteiger partial charge in [-0.2, -0.15) is 0 Å². The van der Waals surface area contributed by atoms with Crippen LogP contribution in [-0.4, -0.2) is 38.0 Å². The molecule has 1 fully saturated rings. The number of carbonyl (C=O) groups is 2. The summed E-state index contributed by atoms with van der Waals surface area (Å²) in [6.45, 7) is 4.93. The minimum Gasteiger partial charge on any atom is -0.367 e. The van der Waals surface area contributed by atoms with E-state index >= 15 is 0 Å². The van der Waals surface area contributed by atoms with E-state index in [2.05, 4.69) is 4.72 Å². The summed E-state index contributed by atoms with van der Waals surface area (Å²) >= 11 is 0. The Bertz CT molecular complexity index is 1180. The second-order valence-corrected chi connectivity index (χ2v) is 9.45. The minimum atomic E-state index is -4.27. The van der Waals surface area contributed by atoms with Crippen LogP contribution in [0.3, 0.4) is 0 Å². The highest BCUT2D eigenvalue weighted by molar-refractivity contribution is 7.97. The maximum atomic E-state index is 13.4. The number of anilines is 1. The normalized spacial score (nSPS) is 17.2. The monoisotopic (exact) mass is 424 g/mol. The Morgan fingerprint density at radius 2 is 1.47 bits per heavy atom. The van der Waals surface area contributed by atoms with Crippen LogP contribution < -0.4 is 4.72 Å². The quantitative estimate of drug-likeness (QED) is 0.807. The van der Waals surface area contributed by atoms with Crippen LogP contribution >= 0.6 is 0 Å². The summed E-state index contributed by atoms with van der Waals surface area (Å²) in [6, 6.07) is 11.6. The van der Waals surface area contributed by atoms with E-state index in [0.717, 1.165) is 30.4 Å². The van der Waals surface area contributed by atoms with Gasteiger partial charge in [-0.15, -0.1) is 0 Å². The van der Waals surface area contributed by atoms with E-state index < -0.39 is 26.5 Å². The molecule has 1 aliphatic heterocycles. The number of nitrogens with one attached hydrogen (secondary N) is 1. The molecule has 4 rings (SSSR count). The molecule has 0 bridgehead atoms. The van der Waals surface area contributed by atoms with E-state index in [-0.39, 0.29) is 16.8 Å². The van der Waals surface area contributed by atoms with Gasteiger partial charge in [-0.1, -0.05) is 30.3 Å². The highest BCUT2D eigenvalue weighted by Gasteiger charge is 2.41. The van der Waals surface area contributed by atoms with Gasteiger partial charge < -0.3 is 4.90 Å². The molecule has 156 valence electrons. The largest absolute Gasteiger partial charge is 0.367 e. The van der Waals surface area contributed by atoms with Gasteiger partial charge in [0, 0.05) is 29.9 Å². The van der Waals surface area contributed by atoms with Crippen molar-refractivity contribution in [3.63, 3.8) is 0 Å². The van der Waals surface area contributed by atoms with Crippen molar-refractivity contribution in [3.8, 4) is 0 Å². The second-order valence-electron chi connectivity index (χ2n) is 7.83. The highest BCUT2D eigenvalue weighted by Crippen LogP contribution is 2.33. The number of nitrogens with zero attached hydrogens (tertiary/aromatic N) is 1. The van der Waals surface area contributed by atoms with Gasteiger partial charge in [-0.25, -0.2) is 8.42 Å². The lowest BCUT2D eigenvalue weighted by molar-refractivity contribution is 0.0939. The number of ketones is 2. The van der Waals surface area contributed by atoms with Gasteiger partial charge >= 0.3 is 0 Å². The van der Waals surface area contributed by atoms with Gasteiger partial charge in [0.2, 0.25) is 11.6 Å². The van der Waals surface area contributed by atoms with Crippen molar-refractivity contribution >= 4 is 27.3 Å². The number of fused-ring (bicyclic) bond motifs is 1. The molecule has 1 heterocycles. The maximum Gasteiger partial charge on any atom is 0.268 e. The van der Waals surface area contributed by atoms with Crippen LogP contribution in [0.5, 0.6) is 0 Å². The molecule has 2 aromatic rings. The van der Waals surface area contributed by atoms with Crippen molar-refractivity contribution < 1.29 is 18.0 Å². The lowest BCUT2D eigenvalue weighted by Crippen LogP contribution is -2.40. The van der Waals surface area contributed by atoms with E-state index in [9.17, 15) is 18.0 Å². The zero-order chi connectivity index (χ0) is 21.5. The minimum absolute atomic E-state index is 0.00488. The molecule has 0 aromatic heterocycles. The summed E-state index contributed by atoms with van der Waals surface area (Å²) < 4.78 is 29.3. The molecule has 2 aliphatic rings. The Hall–Kier alpha value is -2.93. The number of hydrogen-bond donors (Lipinski definition) is 1. The first-order valence-electron chi connectivity index (χ1n) is 10.1. The van der Waals surface area contributed by atoms with E-state index in [4.69, 9.17) is 0 Å². The van der Waals surface area contributed by atoms with Crippen LogP contribution in [0, 0.1) is 13.8 Å². The molecule has 7 heteroatoms. The van der Waals surface area contributed by atoms with Crippen LogP contribution in [0.4, 0.5) is 5.69 Å². The van der Waals surface area contributed by atoms with Crippen molar-refractivity contribution in [2.75, 3.05) is 17.8 Å². The summed E-state index contributed by atoms with van der Waals surface area (Å²) in [6.07, 6.45) is 2.72. The predicted molar refractivity (Wildman–Crippen MR) is 116 cm³/mol. The van der Waals surface area contributed by atoms with E-state index in [1.807, 2.05) is 19.9 Å². The van der Waals surface area contributed by atoms with Gasteiger partial charge in [0.15, 0.2) is 4.91 Å². The Kier molecular flexibility index (Phi) is 5.24. The average Bonchev–Trinajstić information content (AvgIpc) is 2.73. The van der Waals surface area contributed by atoms with E-state index in [1.165, 1.54) is 6.07 Å². The van der Waals surface area contributed by atoms with Crippen molar-refractivity contribution in [1.29, 1.82) is 0 Å². The Morgan fingerprint density at radius 1 is 0.833 bits per heavy atom. The van der Waals surface area contributed by atoms with Crippen molar-refractivity contribution in [2.45, 2.75) is 33.1 Å². The fourth-order valence-electron chi connectivity index (χ4n) is 4.00. The fourth-order valence-corrected chi connectivity index (χ4v) is 5.37. The first-order chi connectivity index (χ1) is 14.3. The van der Waals surface area contributed by atoms with Crippen LogP contribution in [0.2, 0.25) is 0 Å². The first kappa shape index (κ1) is 20.3. The molecule has 0 amide bonds. The summed E-state index contributed by atoms with van der Waals surface area (Å²) in [4.78, 5) is 27.9. The summed E-state index contributed by atoms with van der Waals surface area (Å²) in [5, 5.41) is 0. The lowest BCUT2D eigenvalue weighted by atomic mass is 9.91. The third kappa shape index (κ3) is 3.54. The van der Waals surface area contributed by atoms with Gasteiger partial charge in [0.25, 0.3) is 10.0 Å². The number of rotatable bonds is 4.